The van der Waals surface area contributed by atoms with Crippen LogP contribution in [-0.4, -0.2) is 36.4 Å². The number of ketones is 1. The lowest BCUT2D eigenvalue weighted by Crippen LogP contribution is -2.03. The lowest BCUT2D eigenvalue weighted by Gasteiger charge is -2.08. The molecule has 0 unspecified atom stereocenters. The van der Waals surface area contributed by atoms with E-state index in [0.717, 1.165) is 24.3 Å². The molecule has 200 valence electrons. The summed E-state index contributed by atoms with van der Waals surface area (Å²) >= 11 is 0. The Morgan fingerprint density at radius 1 is 0.513 bits per heavy atom. The first-order valence-corrected chi connectivity index (χ1v) is 10.5. The molecule has 5 aromatic rings. The summed E-state index contributed by atoms with van der Waals surface area (Å²) in [6.07, 6.45) is 0. The normalized spacial score (nSPS) is 10.9. The largest absolute Gasteiger partial charge is 0.507 e. The minimum atomic E-state index is -1.16. The Hall–Kier alpha value is -5.46. The molecular weight excluding hydrogens is 532 g/mol. The van der Waals surface area contributed by atoms with Crippen LogP contribution in [0.2, 0.25) is 0 Å². The summed E-state index contributed by atoms with van der Waals surface area (Å²) < 4.78 is 58.1. The summed E-state index contributed by atoms with van der Waals surface area (Å²) in [6, 6.07) is 5.86. The molecule has 4 aromatic carbocycles. The first-order valence-electron chi connectivity index (χ1n) is 10.5. The van der Waals surface area contributed by atoms with Gasteiger partial charge in [0, 0.05) is 24.3 Å². The van der Waals surface area contributed by atoms with Gasteiger partial charge in [-0.25, -0.2) is 17.6 Å². The van der Waals surface area contributed by atoms with Gasteiger partial charge < -0.3 is 35.1 Å². The van der Waals surface area contributed by atoms with Crippen LogP contribution < -0.4 is 5.43 Å². The number of hydrogen-bond donors (Lipinski definition) is 6. The third kappa shape index (κ3) is 4.92. The lowest BCUT2D eigenvalue weighted by atomic mass is 10.0. The molecule has 0 atom stereocenters. The Labute approximate surface area is 213 Å². The molecule has 1 heterocycles. The molecular formula is C26H14F4O9. The second kappa shape index (κ2) is 9.78. The third-order valence-corrected chi connectivity index (χ3v) is 5.43. The van der Waals surface area contributed by atoms with Gasteiger partial charge in [-0.05, 0) is 24.3 Å². The number of phenolic OH excluding ortho intramolecular Hbond substituents is 6. The Morgan fingerprint density at radius 3 is 1.23 bits per heavy atom. The molecule has 0 aliphatic heterocycles. The average molecular weight is 546 g/mol. The number of benzene rings is 4. The molecule has 6 N–H and O–H groups in total. The highest BCUT2D eigenvalue weighted by atomic mass is 19.1. The van der Waals surface area contributed by atoms with Crippen LogP contribution in [-0.2, 0) is 0 Å². The molecule has 5 rings (SSSR count). The van der Waals surface area contributed by atoms with Gasteiger partial charge in [0.15, 0.2) is 46.3 Å². The number of rotatable bonds is 2. The van der Waals surface area contributed by atoms with E-state index < -0.39 is 80.1 Å². The summed E-state index contributed by atoms with van der Waals surface area (Å²) in [4.78, 5) is 24.1. The van der Waals surface area contributed by atoms with Crippen molar-refractivity contribution in [3.8, 4) is 34.5 Å². The topological polar surface area (TPSA) is 169 Å². The van der Waals surface area contributed by atoms with Crippen molar-refractivity contribution in [3.63, 3.8) is 0 Å². The van der Waals surface area contributed by atoms with Crippen molar-refractivity contribution >= 4 is 27.7 Å². The van der Waals surface area contributed by atoms with Crippen LogP contribution in [0.15, 0.2) is 57.7 Å². The molecule has 0 aliphatic carbocycles. The number of halogens is 4. The third-order valence-electron chi connectivity index (χ3n) is 5.43. The van der Waals surface area contributed by atoms with Gasteiger partial charge in [0.2, 0.25) is 11.2 Å². The molecule has 1 aromatic heterocycles. The van der Waals surface area contributed by atoms with Crippen LogP contribution in [0.4, 0.5) is 17.6 Å². The zero-order valence-corrected chi connectivity index (χ0v) is 19.0. The van der Waals surface area contributed by atoms with Gasteiger partial charge >= 0.3 is 0 Å². The minimum absolute atomic E-state index is 0.0533. The van der Waals surface area contributed by atoms with Crippen molar-refractivity contribution in [2.45, 2.75) is 0 Å². The molecule has 39 heavy (non-hydrogen) atoms. The summed E-state index contributed by atoms with van der Waals surface area (Å²) in [5.74, 6) is -9.86. The second-order valence-corrected chi connectivity index (χ2v) is 8.00. The molecule has 0 radical (unpaired) electrons. The molecule has 0 saturated heterocycles. The molecule has 0 fully saturated rings. The number of fused-ring (bicyclic) bond motifs is 2. The number of carbonyl (C=O) groups excluding carboxylic acids is 1. The molecule has 0 saturated carbocycles. The summed E-state index contributed by atoms with van der Waals surface area (Å²) in [5.41, 5.74) is -1.89. The fourth-order valence-corrected chi connectivity index (χ4v) is 3.48. The van der Waals surface area contributed by atoms with Gasteiger partial charge in [0.1, 0.15) is 22.7 Å². The minimum Gasteiger partial charge on any atom is -0.507 e. The predicted octanol–water partition coefficient (Wildman–Crippen LogP) is 4.65. The van der Waals surface area contributed by atoms with E-state index in [1.54, 1.807) is 0 Å². The molecule has 0 bridgehead atoms. The predicted molar refractivity (Wildman–Crippen MR) is 126 cm³/mol. The van der Waals surface area contributed by atoms with Crippen molar-refractivity contribution in [1.29, 1.82) is 0 Å². The summed E-state index contributed by atoms with van der Waals surface area (Å²) in [6.45, 7) is 0. The first-order chi connectivity index (χ1) is 18.3. The van der Waals surface area contributed by atoms with E-state index in [0.29, 0.717) is 24.3 Å². The van der Waals surface area contributed by atoms with Crippen molar-refractivity contribution in [3.05, 3.63) is 93.2 Å². The lowest BCUT2D eigenvalue weighted by molar-refractivity contribution is 0.103. The van der Waals surface area contributed by atoms with Crippen LogP contribution in [0.25, 0.3) is 21.9 Å². The van der Waals surface area contributed by atoms with Gasteiger partial charge in [0.05, 0.1) is 21.9 Å². The molecule has 13 heteroatoms. The second-order valence-electron chi connectivity index (χ2n) is 8.00. The maximum Gasteiger partial charge on any atom is 0.200 e. The zero-order chi connectivity index (χ0) is 28.8. The van der Waals surface area contributed by atoms with E-state index in [4.69, 9.17) is 14.6 Å². The van der Waals surface area contributed by atoms with E-state index >= 15 is 0 Å². The van der Waals surface area contributed by atoms with E-state index in [1.165, 1.54) is 0 Å². The van der Waals surface area contributed by atoms with Crippen LogP contribution in [0.1, 0.15) is 15.9 Å². The van der Waals surface area contributed by atoms with Crippen molar-refractivity contribution in [1.82, 2.24) is 0 Å². The first kappa shape index (κ1) is 26.6. The van der Waals surface area contributed by atoms with E-state index in [9.17, 15) is 47.6 Å². The monoisotopic (exact) mass is 546 g/mol. The van der Waals surface area contributed by atoms with Crippen molar-refractivity contribution < 1.29 is 57.4 Å². The number of hydrogen-bond acceptors (Lipinski definition) is 9. The highest BCUT2D eigenvalue weighted by Crippen LogP contribution is 2.33. The zero-order valence-electron chi connectivity index (χ0n) is 19.0. The number of aromatic hydroxyl groups is 6. The molecule has 0 amide bonds. The average Bonchev–Trinajstić information content (AvgIpc) is 2.86. The smallest absolute Gasteiger partial charge is 0.200 e. The SMILES string of the molecule is O=C(c1cc(F)c(O)cc1O)c1cc(F)c(O)cc1O.O=c1c2cc(F)c(O)cc2oc2cc(O)c(F)cc12. The highest BCUT2D eigenvalue weighted by Gasteiger charge is 2.21. The fourth-order valence-electron chi connectivity index (χ4n) is 3.48. The van der Waals surface area contributed by atoms with Crippen LogP contribution >= 0.6 is 0 Å². The molecule has 0 aliphatic rings. The standard InChI is InChI=1S/C13H8F2O5.C13H6F2O4/c14-7-1-5(9(16)3-11(7)18)13(20)6-2-8(15)12(19)4-10(6)17;14-7-1-5-11(3-9(7)16)19-12-4-10(17)8(15)2-6(12)13(5)18/h1-4,16-19H;1-4,16-17H. The molecule has 0 spiro atoms. The van der Waals surface area contributed by atoms with Gasteiger partial charge in [-0.1, -0.05) is 0 Å². The summed E-state index contributed by atoms with van der Waals surface area (Å²) in [5, 5.41) is 55.3. The van der Waals surface area contributed by atoms with Crippen molar-refractivity contribution in [2.75, 3.05) is 0 Å². The molecule has 9 nitrogen and oxygen atoms in total. The Morgan fingerprint density at radius 2 is 0.846 bits per heavy atom. The van der Waals surface area contributed by atoms with Gasteiger partial charge in [-0.15, -0.1) is 0 Å². The fraction of sp³-hybridized carbons (Fsp3) is 0. The maximum absolute atomic E-state index is 13.2. The van der Waals surface area contributed by atoms with Crippen LogP contribution in [0.5, 0.6) is 34.5 Å². The maximum atomic E-state index is 13.2. The highest BCUT2D eigenvalue weighted by molar-refractivity contribution is 6.12. The Balaban J connectivity index is 0.000000181. The van der Waals surface area contributed by atoms with Crippen LogP contribution in [0, 0.1) is 23.3 Å². The number of carbonyl (C=O) groups is 1. The van der Waals surface area contributed by atoms with E-state index in [2.05, 4.69) is 0 Å². The Bertz CT molecular complexity index is 1740. The van der Waals surface area contributed by atoms with Gasteiger partial charge in [-0.2, -0.15) is 0 Å². The van der Waals surface area contributed by atoms with Crippen molar-refractivity contribution in [2.24, 2.45) is 0 Å². The van der Waals surface area contributed by atoms with E-state index in [-0.39, 0.29) is 21.9 Å². The summed E-state index contributed by atoms with van der Waals surface area (Å²) in [7, 11) is 0. The van der Waals surface area contributed by atoms with Gasteiger partial charge in [0.25, 0.3) is 0 Å². The quantitative estimate of drug-likeness (QED) is 0.105. The van der Waals surface area contributed by atoms with Gasteiger partial charge in [-0.3, -0.25) is 9.59 Å². The van der Waals surface area contributed by atoms with E-state index in [1.807, 2.05) is 0 Å². The number of phenols is 6. The Kier molecular flexibility index (Phi) is 6.67. The van der Waals surface area contributed by atoms with Crippen LogP contribution in [0.3, 0.4) is 0 Å².